The van der Waals surface area contributed by atoms with E-state index in [1.165, 1.54) is 85.9 Å². The van der Waals surface area contributed by atoms with Gasteiger partial charge in [-0.05, 0) is 47.6 Å². The molecule has 0 radical (unpaired) electrons. The lowest BCUT2D eigenvalue weighted by Crippen LogP contribution is -2.23. The van der Waals surface area contributed by atoms with E-state index in [2.05, 4.69) is 96.0 Å². The van der Waals surface area contributed by atoms with Gasteiger partial charge in [-0.3, -0.25) is 9.79 Å². The summed E-state index contributed by atoms with van der Waals surface area (Å²) in [6, 6.07) is 40.5. The minimum atomic E-state index is -1.33. The number of hydrogen-bond acceptors (Lipinski definition) is 3. The van der Waals surface area contributed by atoms with Crippen molar-refractivity contribution in [1.82, 2.24) is 0 Å². The quantitative estimate of drug-likeness (QED) is 0.0877. The Bertz CT molecular complexity index is 1450. The minimum Gasteiger partial charge on any atom is -0.872 e. The van der Waals surface area contributed by atoms with E-state index in [1.807, 2.05) is 0 Å². The highest BCUT2D eigenvalue weighted by Gasteiger charge is 2.37. The molecule has 0 unspecified atom stereocenters. The van der Waals surface area contributed by atoms with Gasteiger partial charge in [-0.15, -0.1) is 0 Å². The van der Waals surface area contributed by atoms with Crippen molar-refractivity contribution in [3.05, 3.63) is 149 Å². The molecule has 0 saturated carbocycles. The van der Waals surface area contributed by atoms with Crippen molar-refractivity contribution in [3.8, 4) is 0 Å². The van der Waals surface area contributed by atoms with Crippen molar-refractivity contribution in [1.29, 1.82) is 0 Å². The fourth-order valence-electron chi connectivity index (χ4n) is 6.56. The number of rotatable bonds is 17. The summed E-state index contributed by atoms with van der Waals surface area (Å²) in [7, 11) is -1.33. The molecule has 45 heavy (non-hydrogen) atoms. The summed E-state index contributed by atoms with van der Waals surface area (Å²) in [5.41, 5.74) is 5.70. The molecule has 0 atom stereocenters. The van der Waals surface area contributed by atoms with E-state index in [-0.39, 0.29) is 11.5 Å². The molecule has 1 aliphatic carbocycles. The average molecular weight is 616 g/mol. The highest BCUT2D eigenvalue weighted by molar-refractivity contribution is 7.73. The van der Waals surface area contributed by atoms with Gasteiger partial charge in [0.05, 0.1) is 24.6 Å². The van der Waals surface area contributed by atoms with E-state index >= 15 is 0 Å². The van der Waals surface area contributed by atoms with Gasteiger partial charge in [-0.1, -0.05) is 153 Å². The number of benzene rings is 4. The molecule has 0 aliphatic heterocycles. The second-order valence-electron chi connectivity index (χ2n) is 12.5. The Morgan fingerprint density at radius 2 is 0.933 bits per heavy atom. The molecule has 0 spiro atoms. The third-order valence-electron chi connectivity index (χ3n) is 8.84. The lowest BCUT2D eigenvalue weighted by Gasteiger charge is -2.29. The molecule has 0 fully saturated rings. The molecule has 5 rings (SSSR count). The molecule has 1 aliphatic rings. The molecular weight excluding hydrogens is 569 g/mol. The van der Waals surface area contributed by atoms with Crippen molar-refractivity contribution >= 4 is 24.5 Å². The molecule has 0 saturated heterocycles. The van der Waals surface area contributed by atoms with Crippen LogP contribution in [0, 0.1) is 0 Å². The number of allylic oxidation sites excluding steroid dienone is 1. The average Bonchev–Trinajstić information content (AvgIpc) is 3.07. The smallest absolute Gasteiger partial charge is 0.211 e. The zero-order valence-corrected chi connectivity index (χ0v) is 27.3. The van der Waals surface area contributed by atoms with Gasteiger partial charge < -0.3 is 5.11 Å². The lowest BCUT2D eigenvalue weighted by molar-refractivity contribution is -0.243. The van der Waals surface area contributed by atoms with Gasteiger partial charge in [0.1, 0.15) is 5.71 Å². The van der Waals surface area contributed by atoms with E-state index in [9.17, 15) is 9.90 Å². The molecule has 0 heterocycles. The highest BCUT2D eigenvalue weighted by atomic mass is 31.2. The molecule has 0 amide bonds. The summed E-state index contributed by atoms with van der Waals surface area (Å²) >= 11 is 0. The Balaban J connectivity index is 1.07. The van der Waals surface area contributed by atoms with Crippen LogP contribution >= 0.6 is 7.26 Å². The molecule has 3 nitrogen and oxygen atoms in total. The number of unbranched alkanes of at least 4 members (excludes halogenated alkanes) is 7. The van der Waals surface area contributed by atoms with Crippen LogP contribution in [0.2, 0.25) is 0 Å². The van der Waals surface area contributed by atoms with Crippen LogP contribution in [-0.4, -0.2) is 24.2 Å². The van der Waals surface area contributed by atoms with Gasteiger partial charge in [-0.25, -0.2) is 0 Å². The van der Waals surface area contributed by atoms with E-state index in [1.54, 1.807) is 24.3 Å². The van der Waals surface area contributed by atoms with Crippen molar-refractivity contribution in [2.75, 3.05) is 12.7 Å². The van der Waals surface area contributed by atoms with Crippen LogP contribution in [0.5, 0.6) is 0 Å². The van der Waals surface area contributed by atoms with Gasteiger partial charge in [-0.2, -0.15) is 0 Å². The standard InChI is InChI=1S/C41H46NO2P/c43-40-30-39(41(44)38-27-17-16-26-37(38)40)42-28-18-5-3-1-2-4-6-19-29-45(31-34-20-10-7-11-21-34,32-35-22-12-8-13-23-35)33-36-24-14-9-15-25-36/h7-17,20-27,30H,1-6,18-19,28-29,31-33H2. The summed E-state index contributed by atoms with van der Waals surface area (Å²) < 4.78 is 0. The third kappa shape index (κ3) is 9.84. The van der Waals surface area contributed by atoms with E-state index in [4.69, 9.17) is 0 Å². The van der Waals surface area contributed by atoms with Gasteiger partial charge >= 0.3 is 0 Å². The van der Waals surface area contributed by atoms with E-state index < -0.39 is 7.26 Å². The van der Waals surface area contributed by atoms with Crippen molar-refractivity contribution in [2.24, 2.45) is 4.99 Å². The topological polar surface area (TPSA) is 52.5 Å². The number of ketones is 1. The van der Waals surface area contributed by atoms with Crippen LogP contribution in [0.4, 0.5) is 0 Å². The molecule has 0 bridgehead atoms. The minimum absolute atomic E-state index is 0.122. The number of hydrogen-bond donors (Lipinski definition) is 0. The van der Waals surface area contributed by atoms with Crippen LogP contribution in [0.3, 0.4) is 0 Å². The van der Waals surface area contributed by atoms with Crippen molar-refractivity contribution < 1.29 is 9.90 Å². The molecular formula is C41H46NO2P. The number of aliphatic imine (C=N–C) groups is 1. The molecule has 4 heteroatoms. The normalized spacial score (nSPS) is 13.9. The first-order chi connectivity index (χ1) is 22.1. The third-order valence-corrected chi connectivity index (χ3v) is 13.2. The molecule has 232 valence electrons. The highest BCUT2D eigenvalue weighted by Crippen LogP contribution is 2.67. The maximum absolute atomic E-state index is 12.7. The number of carbonyl (C=O) groups excluding carboxylic acids is 1. The SMILES string of the molecule is O=C1C(=NCCCCCCCCCC[P+](Cc2ccccc2)(Cc2ccccc2)Cc2ccccc2)C=C([O-])c2ccccc21. The van der Waals surface area contributed by atoms with Crippen LogP contribution < -0.4 is 5.11 Å². The van der Waals surface area contributed by atoms with Crippen LogP contribution in [-0.2, 0) is 18.5 Å². The Morgan fingerprint density at radius 1 is 0.511 bits per heavy atom. The predicted octanol–water partition coefficient (Wildman–Crippen LogP) is 9.76. The maximum atomic E-state index is 12.7. The van der Waals surface area contributed by atoms with Crippen LogP contribution in [0.15, 0.2) is 126 Å². The molecule has 0 aromatic heterocycles. The van der Waals surface area contributed by atoms with Crippen molar-refractivity contribution in [3.63, 3.8) is 0 Å². The first-order valence-electron chi connectivity index (χ1n) is 16.7. The van der Waals surface area contributed by atoms with Gasteiger partial charge in [0, 0.05) is 19.4 Å². The summed E-state index contributed by atoms with van der Waals surface area (Å²) in [6.45, 7) is 0.600. The zero-order chi connectivity index (χ0) is 31.2. The fourth-order valence-corrected chi connectivity index (χ4v) is 11.2. The summed E-state index contributed by atoms with van der Waals surface area (Å²) in [5.74, 6) is -0.253. The Morgan fingerprint density at radius 3 is 1.44 bits per heavy atom. The number of nitrogens with zero attached hydrogens (tertiary/aromatic N) is 1. The van der Waals surface area contributed by atoms with Gasteiger partial charge in [0.2, 0.25) is 5.78 Å². The summed E-state index contributed by atoms with van der Waals surface area (Å²) in [5, 5.41) is 12.3. The first-order valence-corrected chi connectivity index (χ1v) is 19.2. The summed E-state index contributed by atoms with van der Waals surface area (Å²) in [4.78, 5) is 17.2. The lowest BCUT2D eigenvalue weighted by atomic mass is 9.93. The van der Waals surface area contributed by atoms with E-state index in [0.717, 1.165) is 12.8 Å². The Kier molecular flexibility index (Phi) is 12.3. The largest absolute Gasteiger partial charge is 0.872 e. The first kappa shape index (κ1) is 32.6. The Hall–Kier alpha value is -3.81. The van der Waals surface area contributed by atoms with Crippen LogP contribution in [0.1, 0.15) is 84.0 Å². The second kappa shape index (κ2) is 17.0. The number of fused-ring (bicyclic) bond motifs is 1. The summed E-state index contributed by atoms with van der Waals surface area (Å²) in [6.07, 6.45) is 16.0. The Labute approximate surface area is 270 Å². The van der Waals surface area contributed by atoms with Gasteiger partial charge in [0.25, 0.3) is 0 Å². The van der Waals surface area contributed by atoms with E-state index in [0.29, 0.717) is 23.4 Å². The van der Waals surface area contributed by atoms with Crippen LogP contribution in [0.25, 0.3) is 5.76 Å². The molecule has 0 N–H and O–H groups in total. The van der Waals surface area contributed by atoms with Crippen molar-refractivity contribution in [2.45, 2.75) is 69.9 Å². The zero-order valence-electron chi connectivity index (χ0n) is 26.5. The van der Waals surface area contributed by atoms with Gasteiger partial charge in [0.15, 0.2) is 0 Å². The predicted molar refractivity (Wildman–Crippen MR) is 190 cm³/mol. The fraction of sp³-hybridized carbons (Fsp3) is 0.317. The second-order valence-corrected chi connectivity index (χ2v) is 16.6. The molecule has 4 aromatic carbocycles. The number of carbonyl (C=O) groups is 1. The monoisotopic (exact) mass is 615 g/mol. The maximum Gasteiger partial charge on any atom is 0.211 e. The number of Topliss-reactive ketones (excluding diaryl/α,β-unsaturated/α-hetero) is 1. The molecule has 4 aromatic rings.